The summed E-state index contributed by atoms with van der Waals surface area (Å²) in [5, 5.41) is 0. The maximum absolute atomic E-state index is 12.5. The van der Waals surface area contributed by atoms with Gasteiger partial charge in [-0.2, -0.15) is 0 Å². The maximum Gasteiger partial charge on any atom is 0.320 e. The Labute approximate surface area is 128 Å². The normalized spacial score (nSPS) is 22.3. The summed E-state index contributed by atoms with van der Waals surface area (Å²) in [7, 11) is 0. The van der Waals surface area contributed by atoms with Crippen LogP contribution in [0.2, 0.25) is 0 Å². The minimum atomic E-state index is 0.173. The molecule has 0 saturated carbocycles. The van der Waals surface area contributed by atoms with E-state index in [0.717, 1.165) is 26.2 Å². The third kappa shape index (κ3) is 3.31. The minimum Gasteiger partial charge on any atom is -0.363 e. The van der Waals surface area contributed by atoms with Gasteiger partial charge in [-0.1, -0.05) is 18.2 Å². The Morgan fingerprint density at radius 1 is 1.10 bits per heavy atom. The number of para-hydroxylation sites is 1. The van der Waals surface area contributed by atoms with Crippen LogP contribution >= 0.6 is 0 Å². The van der Waals surface area contributed by atoms with Gasteiger partial charge in [0.1, 0.15) is 0 Å². The highest BCUT2D eigenvalue weighted by Gasteiger charge is 2.33. The molecule has 116 valence electrons. The van der Waals surface area contributed by atoms with Gasteiger partial charge in [0.2, 0.25) is 0 Å². The zero-order valence-electron chi connectivity index (χ0n) is 13.6. The van der Waals surface area contributed by atoms with Crippen LogP contribution in [0.4, 0.5) is 10.5 Å². The van der Waals surface area contributed by atoms with Crippen molar-refractivity contribution in [2.75, 3.05) is 31.1 Å². The molecule has 1 fully saturated rings. The number of anilines is 1. The molecular formula is C17H27N3O. The summed E-state index contributed by atoms with van der Waals surface area (Å²) in [5.41, 5.74) is 1.24. The molecule has 1 aromatic rings. The fourth-order valence-corrected chi connectivity index (χ4v) is 3.28. The fourth-order valence-electron chi connectivity index (χ4n) is 3.28. The van der Waals surface area contributed by atoms with Crippen molar-refractivity contribution in [2.24, 2.45) is 0 Å². The first-order valence-electron chi connectivity index (χ1n) is 7.95. The number of benzene rings is 1. The molecule has 4 nitrogen and oxygen atoms in total. The Bertz CT molecular complexity index is 446. The van der Waals surface area contributed by atoms with E-state index in [4.69, 9.17) is 0 Å². The highest BCUT2D eigenvalue weighted by atomic mass is 16.2. The molecule has 1 aliphatic rings. The van der Waals surface area contributed by atoms with Crippen LogP contribution in [0.1, 0.15) is 27.7 Å². The van der Waals surface area contributed by atoms with E-state index >= 15 is 0 Å². The number of carbonyl (C=O) groups is 1. The molecule has 4 heteroatoms. The number of urea groups is 1. The van der Waals surface area contributed by atoms with Gasteiger partial charge in [-0.15, -0.1) is 0 Å². The van der Waals surface area contributed by atoms with Crippen molar-refractivity contribution in [1.82, 2.24) is 9.80 Å². The topological polar surface area (TPSA) is 26.8 Å². The maximum atomic E-state index is 12.5. The summed E-state index contributed by atoms with van der Waals surface area (Å²) >= 11 is 0. The number of rotatable bonds is 3. The lowest BCUT2D eigenvalue weighted by Gasteiger charge is -2.46. The van der Waals surface area contributed by atoms with Crippen molar-refractivity contribution in [2.45, 2.75) is 39.8 Å². The number of amides is 2. The van der Waals surface area contributed by atoms with Gasteiger partial charge in [-0.25, -0.2) is 4.79 Å². The Morgan fingerprint density at radius 2 is 1.62 bits per heavy atom. The molecule has 2 atom stereocenters. The van der Waals surface area contributed by atoms with Crippen LogP contribution in [0, 0.1) is 0 Å². The second-order valence-electron chi connectivity index (χ2n) is 5.80. The summed E-state index contributed by atoms with van der Waals surface area (Å²) in [6.07, 6.45) is 0. The lowest BCUT2D eigenvalue weighted by atomic mass is 10.1. The van der Waals surface area contributed by atoms with Crippen LogP contribution in [0.5, 0.6) is 0 Å². The molecule has 2 amide bonds. The minimum absolute atomic E-state index is 0.173. The zero-order valence-corrected chi connectivity index (χ0v) is 13.6. The predicted molar refractivity (Wildman–Crippen MR) is 87.7 cm³/mol. The second-order valence-corrected chi connectivity index (χ2v) is 5.80. The molecule has 0 radical (unpaired) electrons. The van der Waals surface area contributed by atoms with Crippen molar-refractivity contribution in [1.29, 1.82) is 0 Å². The summed E-state index contributed by atoms with van der Waals surface area (Å²) < 4.78 is 0. The molecule has 21 heavy (non-hydrogen) atoms. The molecule has 1 saturated heterocycles. The van der Waals surface area contributed by atoms with Crippen LogP contribution in [0.3, 0.4) is 0 Å². The van der Waals surface area contributed by atoms with Gasteiger partial charge in [-0.05, 0) is 39.8 Å². The first-order valence-corrected chi connectivity index (χ1v) is 7.95. The Kier molecular flexibility index (Phi) is 5.10. The lowest BCUT2D eigenvalue weighted by molar-refractivity contribution is 0.140. The van der Waals surface area contributed by atoms with Crippen molar-refractivity contribution < 1.29 is 4.79 Å². The van der Waals surface area contributed by atoms with E-state index in [1.165, 1.54) is 5.69 Å². The number of hydrogen-bond acceptors (Lipinski definition) is 2. The summed E-state index contributed by atoms with van der Waals surface area (Å²) in [4.78, 5) is 18.9. The summed E-state index contributed by atoms with van der Waals surface area (Å²) in [6, 6.07) is 11.3. The first kappa shape index (κ1) is 15.7. The summed E-state index contributed by atoms with van der Waals surface area (Å²) in [6.45, 7) is 11.6. The average molecular weight is 289 g/mol. The standard InChI is InChI=1S/C17H27N3O/c1-5-18(6-2)17(21)19-12-14(3)20(15(4)13-19)16-10-8-7-9-11-16/h7-11,14-15H,5-6,12-13H2,1-4H3. The van der Waals surface area contributed by atoms with E-state index < -0.39 is 0 Å². The highest BCUT2D eigenvalue weighted by Crippen LogP contribution is 2.24. The van der Waals surface area contributed by atoms with Gasteiger partial charge in [0, 0.05) is 44.0 Å². The molecule has 1 aliphatic heterocycles. The Hall–Kier alpha value is -1.71. The molecule has 1 aromatic carbocycles. The van der Waals surface area contributed by atoms with E-state index in [9.17, 15) is 4.79 Å². The van der Waals surface area contributed by atoms with Gasteiger partial charge in [-0.3, -0.25) is 0 Å². The number of hydrogen-bond donors (Lipinski definition) is 0. The lowest BCUT2D eigenvalue weighted by Crippen LogP contribution is -2.60. The van der Waals surface area contributed by atoms with Crippen molar-refractivity contribution >= 4 is 11.7 Å². The Balaban J connectivity index is 2.10. The fraction of sp³-hybridized carbons (Fsp3) is 0.588. The zero-order chi connectivity index (χ0) is 15.4. The van der Waals surface area contributed by atoms with Gasteiger partial charge in [0.15, 0.2) is 0 Å². The van der Waals surface area contributed by atoms with Crippen molar-refractivity contribution in [3.63, 3.8) is 0 Å². The Morgan fingerprint density at radius 3 is 2.10 bits per heavy atom. The van der Waals surface area contributed by atoms with Gasteiger partial charge in [0.05, 0.1) is 0 Å². The van der Waals surface area contributed by atoms with Crippen LogP contribution in [0.15, 0.2) is 30.3 Å². The van der Waals surface area contributed by atoms with E-state index in [0.29, 0.717) is 12.1 Å². The smallest absolute Gasteiger partial charge is 0.320 e. The average Bonchev–Trinajstić information content (AvgIpc) is 2.48. The molecule has 0 aliphatic carbocycles. The first-order chi connectivity index (χ1) is 10.1. The second kappa shape index (κ2) is 6.83. The molecular weight excluding hydrogens is 262 g/mol. The van der Waals surface area contributed by atoms with E-state index in [1.807, 2.05) is 29.7 Å². The monoisotopic (exact) mass is 289 g/mol. The largest absolute Gasteiger partial charge is 0.363 e. The molecule has 2 rings (SSSR count). The molecule has 2 unspecified atom stereocenters. The molecule has 0 spiro atoms. The van der Waals surface area contributed by atoms with Crippen molar-refractivity contribution in [3.8, 4) is 0 Å². The molecule has 0 bridgehead atoms. The van der Waals surface area contributed by atoms with Gasteiger partial charge < -0.3 is 14.7 Å². The molecule has 0 N–H and O–H groups in total. The van der Waals surface area contributed by atoms with E-state index in [2.05, 4.69) is 43.0 Å². The van der Waals surface area contributed by atoms with Gasteiger partial charge in [0.25, 0.3) is 0 Å². The van der Waals surface area contributed by atoms with E-state index in [-0.39, 0.29) is 6.03 Å². The van der Waals surface area contributed by atoms with Crippen LogP contribution < -0.4 is 4.90 Å². The quantitative estimate of drug-likeness (QED) is 0.855. The number of piperazine rings is 1. The third-order valence-electron chi connectivity index (χ3n) is 4.28. The van der Waals surface area contributed by atoms with Gasteiger partial charge >= 0.3 is 6.03 Å². The SMILES string of the molecule is CCN(CC)C(=O)N1CC(C)N(c2ccccc2)C(C)C1. The number of carbonyl (C=O) groups excluding carboxylic acids is 1. The van der Waals surface area contributed by atoms with Crippen LogP contribution in [0.25, 0.3) is 0 Å². The van der Waals surface area contributed by atoms with E-state index in [1.54, 1.807) is 0 Å². The molecule has 0 aromatic heterocycles. The van der Waals surface area contributed by atoms with Crippen LogP contribution in [-0.2, 0) is 0 Å². The predicted octanol–water partition coefficient (Wildman–Crippen LogP) is 3.05. The highest BCUT2D eigenvalue weighted by molar-refractivity contribution is 5.75. The van der Waals surface area contributed by atoms with Crippen LogP contribution in [-0.4, -0.2) is 54.1 Å². The molecule has 1 heterocycles. The summed E-state index contributed by atoms with van der Waals surface area (Å²) in [5.74, 6) is 0. The van der Waals surface area contributed by atoms with Crippen molar-refractivity contribution in [3.05, 3.63) is 30.3 Å². The number of nitrogens with zero attached hydrogens (tertiary/aromatic N) is 3. The third-order valence-corrected chi connectivity index (χ3v) is 4.28.